The maximum Gasteiger partial charge on any atom is 0.307 e. The Labute approximate surface area is 207 Å². The summed E-state index contributed by atoms with van der Waals surface area (Å²) in [5, 5.41) is 2.15. The van der Waals surface area contributed by atoms with Crippen LogP contribution in [0.3, 0.4) is 0 Å². The average molecular weight is 477 g/mol. The Morgan fingerprint density at radius 2 is 1.82 bits per heavy atom. The van der Waals surface area contributed by atoms with E-state index in [-0.39, 0.29) is 18.4 Å². The van der Waals surface area contributed by atoms with Gasteiger partial charge in [0.25, 0.3) is 0 Å². The fraction of sp³-hybridized carbons (Fsp3) is 0.321. The molecular formula is C28H32N2O3S. The number of carbonyl (C=O) groups is 1. The Balaban J connectivity index is 1.97. The van der Waals surface area contributed by atoms with Gasteiger partial charge in [0.2, 0.25) is 0 Å². The molecule has 0 spiro atoms. The number of ether oxygens (including phenoxy) is 2. The molecule has 0 aliphatic heterocycles. The maximum absolute atomic E-state index is 11.9. The van der Waals surface area contributed by atoms with Gasteiger partial charge in [0.15, 0.2) is 0 Å². The number of benzene rings is 3. The number of carbonyl (C=O) groups excluding carboxylic acids is 1. The molecule has 1 N–H and O–H groups in total. The van der Waals surface area contributed by atoms with Crippen LogP contribution in [0.15, 0.2) is 47.4 Å². The summed E-state index contributed by atoms with van der Waals surface area (Å²) in [6.45, 7) is 8.68. The summed E-state index contributed by atoms with van der Waals surface area (Å²) in [5.41, 5.74) is 5.51. The molecule has 3 aromatic rings. The molecule has 0 fully saturated rings. The van der Waals surface area contributed by atoms with Crippen molar-refractivity contribution in [3.63, 3.8) is 0 Å². The SMILES string of the molecule is C#CCN(c1ccc(NSc2c(C)cc(OC)c(C)c2C)c2ccccc12)[C@@H](C)CC(=O)OC. The number of rotatable bonds is 9. The summed E-state index contributed by atoms with van der Waals surface area (Å²) < 4.78 is 13.9. The molecule has 0 saturated heterocycles. The Kier molecular flexibility index (Phi) is 8.36. The number of hydrogen-bond acceptors (Lipinski definition) is 6. The second kappa shape index (κ2) is 11.2. The molecule has 0 aromatic heterocycles. The zero-order valence-corrected chi connectivity index (χ0v) is 21.5. The zero-order valence-electron chi connectivity index (χ0n) is 20.7. The minimum atomic E-state index is -0.256. The lowest BCUT2D eigenvalue weighted by Gasteiger charge is -2.30. The Morgan fingerprint density at radius 1 is 1.12 bits per heavy atom. The molecule has 0 amide bonds. The van der Waals surface area contributed by atoms with Crippen molar-refractivity contribution in [2.75, 3.05) is 30.4 Å². The molecule has 0 aliphatic carbocycles. The highest BCUT2D eigenvalue weighted by Gasteiger charge is 2.20. The molecule has 0 bridgehead atoms. The number of nitrogens with zero attached hydrogens (tertiary/aromatic N) is 1. The van der Waals surface area contributed by atoms with Gasteiger partial charge in [-0.2, -0.15) is 0 Å². The molecule has 0 radical (unpaired) electrons. The minimum absolute atomic E-state index is 0.104. The van der Waals surface area contributed by atoms with Gasteiger partial charge in [0.05, 0.1) is 32.9 Å². The normalized spacial score (nSPS) is 11.6. The van der Waals surface area contributed by atoms with Gasteiger partial charge in [0, 0.05) is 27.4 Å². The topological polar surface area (TPSA) is 50.8 Å². The first-order chi connectivity index (χ1) is 16.3. The molecule has 0 heterocycles. The molecule has 34 heavy (non-hydrogen) atoms. The first-order valence-electron chi connectivity index (χ1n) is 11.2. The number of nitrogens with one attached hydrogen (secondary N) is 1. The van der Waals surface area contributed by atoms with Crippen LogP contribution in [-0.2, 0) is 9.53 Å². The van der Waals surface area contributed by atoms with Gasteiger partial charge < -0.3 is 19.1 Å². The van der Waals surface area contributed by atoms with Crippen molar-refractivity contribution < 1.29 is 14.3 Å². The lowest BCUT2D eigenvalue weighted by Crippen LogP contribution is -2.35. The van der Waals surface area contributed by atoms with Crippen molar-refractivity contribution in [3.05, 3.63) is 59.2 Å². The molecule has 1 atom stereocenters. The van der Waals surface area contributed by atoms with Crippen LogP contribution < -0.4 is 14.4 Å². The standard InChI is InChI=1S/C28H32N2O3S/c1-8-15-30(19(3)17-27(31)33-7)25-14-13-24(22-11-9-10-12-23(22)25)29-34-28-18(2)16-26(32-6)20(4)21(28)5/h1,9-14,16,19,29H,15,17H2,2-7H3/t19-/m0/s1. The summed E-state index contributed by atoms with van der Waals surface area (Å²) in [5.74, 6) is 3.39. The molecule has 5 nitrogen and oxygen atoms in total. The van der Waals surface area contributed by atoms with Crippen molar-refractivity contribution in [1.82, 2.24) is 0 Å². The zero-order chi connectivity index (χ0) is 24.8. The van der Waals surface area contributed by atoms with E-state index in [2.05, 4.69) is 66.6 Å². The lowest BCUT2D eigenvalue weighted by molar-refractivity contribution is -0.140. The number of esters is 1. The van der Waals surface area contributed by atoms with Crippen LogP contribution >= 0.6 is 11.9 Å². The summed E-state index contributed by atoms with van der Waals surface area (Å²) in [7, 11) is 3.11. The van der Waals surface area contributed by atoms with E-state index in [0.717, 1.165) is 39.0 Å². The second-order valence-electron chi connectivity index (χ2n) is 8.32. The van der Waals surface area contributed by atoms with Crippen LogP contribution in [0, 0.1) is 33.1 Å². The van der Waals surface area contributed by atoms with Gasteiger partial charge in [-0.3, -0.25) is 4.79 Å². The van der Waals surface area contributed by atoms with Crippen LogP contribution in [0.2, 0.25) is 0 Å². The average Bonchev–Trinajstić information content (AvgIpc) is 2.84. The molecule has 0 saturated carbocycles. The third kappa shape index (κ3) is 5.26. The van der Waals surface area contributed by atoms with Gasteiger partial charge in [0.1, 0.15) is 5.75 Å². The quantitative estimate of drug-likeness (QED) is 0.223. The number of methoxy groups -OCH3 is 2. The fourth-order valence-electron chi connectivity index (χ4n) is 4.13. The van der Waals surface area contributed by atoms with E-state index >= 15 is 0 Å². The highest BCUT2D eigenvalue weighted by molar-refractivity contribution is 8.00. The van der Waals surface area contributed by atoms with E-state index in [0.29, 0.717) is 6.54 Å². The van der Waals surface area contributed by atoms with Crippen molar-refractivity contribution in [1.29, 1.82) is 0 Å². The van der Waals surface area contributed by atoms with Crippen molar-refractivity contribution in [2.24, 2.45) is 0 Å². The van der Waals surface area contributed by atoms with E-state index in [4.69, 9.17) is 15.9 Å². The fourth-order valence-corrected chi connectivity index (χ4v) is 5.05. The smallest absolute Gasteiger partial charge is 0.307 e. The van der Waals surface area contributed by atoms with Crippen LogP contribution in [0.25, 0.3) is 10.8 Å². The molecule has 6 heteroatoms. The monoisotopic (exact) mass is 476 g/mol. The van der Waals surface area contributed by atoms with Crippen LogP contribution in [-0.4, -0.2) is 32.8 Å². The largest absolute Gasteiger partial charge is 0.496 e. The van der Waals surface area contributed by atoms with Crippen LogP contribution in [0.5, 0.6) is 5.75 Å². The number of fused-ring (bicyclic) bond motifs is 1. The molecular weight excluding hydrogens is 444 g/mol. The molecule has 178 valence electrons. The summed E-state index contributed by atoms with van der Waals surface area (Å²) in [6.07, 6.45) is 5.94. The maximum atomic E-state index is 11.9. The number of terminal acetylenes is 1. The van der Waals surface area contributed by atoms with Gasteiger partial charge in [-0.25, -0.2) is 0 Å². The van der Waals surface area contributed by atoms with E-state index in [9.17, 15) is 4.79 Å². The van der Waals surface area contributed by atoms with Crippen molar-refractivity contribution >= 4 is 40.1 Å². The van der Waals surface area contributed by atoms with Gasteiger partial charge >= 0.3 is 5.97 Å². The van der Waals surface area contributed by atoms with E-state index in [1.54, 1.807) is 19.1 Å². The lowest BCUT2D eigenvalue weighted by atomic mass is 10.0. The minimum Gasteiger partial charge on any atom is -0.496 e. The van der Waals surface area contributed by atoms with Crippen molar-refractivity contribution in [2.45, 2.75) is 45.1 Å². The molecule has 0 aliphatic rings. The highest BCUT2D eigenvalue weighted by atomic mass is 32.2. The third-order valence-corrected chi connectivity index (χ3v) is 7.31. The van der Waals surface area contributed by atoms with Gasteiger partial charge in [-0.15, -0.1) is 6.42 Å². The Bertz CT molecular complexity index is 1230. The number of anilines is 2. The Hall–Kier alpha value is -3.30. The summed E-state index contributed by atoms with van der Waals surface area (Å²) in [6, 6.07) is 14.3. The van der Waals surface area contributed by atoms with Gasteiger partial charge in [-0.1, -0.05) is 30.2 Å². The van der Waals surface area contributed by atoms with E-state index < -0.39 is 0 Å². The van der Waals surface area contributed by atoms with E-state index in [1.807, 2.05) is 19.1 Å². The summed E-state index contributed by atoms with van der Waals surface area (Å²) >= 11 is 1.60. The molecule has 0 unspecified atom stereocenters. The second-order valence-corrected chi connectivity index (χ2v) is 9.13. The number of aryl methyl sites for hydroxylation is 1. The first-order valence-corrected chi connectivity index (χ1v) is 12.0. The Morgan fingerprint density at radius 3 is 2.47 bits per heavy atom. The number of hydrogen-bond donors (Lipinski definition) is 1. The van der Waals surface area contributed by atoms with Crippen LogP contribution in [0.4, 0.5) is 11.4 Å². The third-order valence-electron chi connectivity index (χ3n) is 6.16. The molecule has 3 rings (SSSR count). The van der Waals surface area contributed by atoms with E-state index in [1.165, 1.54) is 17.6 Å². The predicted molar refractivity (Wildman–Crippen MR) is 143 cm³/mol. The highest BCUT2D eigenvalue weighted by Crippen LogP contribution is 2.38. The van der Waals surface area contributed by atoms with Crippen LogP contribution in [0.1, 0.15) is 30.0 Å². The van der Waals surface area contributed by atoms with Crippen molar-refractivity contribution in [3.8, 4) is 18.1 Å². The first kappa shape index (κ1) is 25.3. The predicted octanol–water partition coefficient (Wildman–Crippen LogP) is 6.28. The van der Waals surface area contributed by atoms with Gasteiger partial charge in [-0.05, 0) is 74.5 Å². The summed E-state index contributed by atoms with van der Waals surface area (Å²) in [4.78, 5) is 15.2. The molecule has 3 aromatic carbocycles.